The van der Waals surface area contributed by atoms with Gasteiger partial charge in [-0.05, 0) is 37.0 Å². The molecule has 6 nitrogen and oxygen atoms in total. The van der Waals surface area contributed by atoms with Crippen molar-refractivity contribution >= 4 is 17.9 Å². The molecular formula is C68H132O6. The van der Waals surface area contributed by atoms with Gasteiger partial charge in [-0.15, -0.1) is 0 Å². The molecule has 0 aliphatic heterocycles. The van der Waals surface area contributed by atoms with Crippen molar-refractivity contribution in [3.8, 4) is 0 Å². The molecule has 0 rings (SSSR count). The quantitative estimate of drug-likeness (QED) is 0.0343. The predicted molar refractivity (Wildman–Crippen MR) is 321 cm³/mol. The second-order valence-corrected chi connectivity index (χ2v) is 24.7. The molecule has 0 saturated heterocycles. The van der Waals surface area contributed by atoms with Gasteiger partial charge in [-0.2, -0.15) is 0 Å². The van der Waals surface area contributed by atoms with Crippen molar-refractivity contribution in [1.82, 2.24) is 0 Å². The number of carbonyl (C=O) groups excluding carboxylic acids is 3. The fraction of sp³-hybridized carbons (Fsp3) is 0.956. The first kappa shape index (κ1) is 72.4. The van der Waals surface area contributed by atoms with Crippen LogP contribution in [0.25, 0.3) is 0 Å². The van der Waals surface area contributed by atoms with Gasteiger partial charge in [0.1, 0.15) is 13.2 Å². The Labute approximate surface area is 463 Å². The minimum Gasteiger partial charge on any atom is -0.462 e. The molecule has 0 heterocycles. The first-order valence-corrected chi connectivity index (χ1v) is 33.6. The molecule has 2 atom stereocenters. The van der Waals surface area contributed by atoms with Gasteiger partial charge in [-0.1, -0.05) is 343 Å². The Morgan fingerprint density at radius 2 is 0.473 bits per heavy atom. The van der Waals surface area contributed by atoms with E-state index in [-0.39, 0.29) is 31.1 Å². The number of ether oxygens (including phenoxy) is 3. The lowest BCUT2D eigenvalue weighted by Gasteiger charge is -2.18. The maximum Gasteiger partial charge on any atom is 0.306 e. The van der Waals surface area contributed by atoms with Crippen LogP contribution in [0, 0.1) is 17.8 Å². The summed E-state index contributed by atoms with van der Waals surface area (Å²) in [4.78, 5) is 38.4. The molecule has 0 aromatic heterocycles. The highest BCUT2D eigenvalue weighted by Gasteiger charge is 2.20. The Morgan fingerprint density at radius 1 is 0.270 bits per heavy atom. The molecular weight excluding hydrogens is 913 g/mol. The lowest BCUT2D eigenvalue weighted by atomic mass is 9.99. The standard InChI is InChI=1S/C68H132O6/c1-7-64(6)56-50-44-38-32-26-19-15-10-8-9-11-17-21-29-35-41-47-53-59-68(71)74-65(61-73-67(70)58-52-46-40-34-28-23-22-25-31-37-43-49-55-63(4)5)60-72-66(69)57-51-45-39-33-27-20-16-13-12-14-18-24-30-36-42-48-54-62(2)3/h62-65H,7-61H2,1-6H3/t64?,65-/m0/s1. The highest BCUT2D eigenvalue weighted by atomic mass is 16.6. The van der Waals surface area contributed by atoms with Crippen molar-refractivity contribution in [1.29, 1.82) is 0 Å². The third kappa shape index (κ3) is 59.7. The maximum atomic E-state index is 12.9. The zero-order chi connectivity index (χ0) is 54.1. The molecule has 0 saturated carbocycles. The van der Waals surface area contributed by atoms with E-state index < -0.39 is 6.10 Å². The maximum absolute atomic E-state index is 12.9. The van der Waals surface area contributed by atoms with Crippen LogP contribution < -0.4 is 0 Å². The van der Waals surface area contributed by atoms with Gasteiger partial charge in [-0.25, -0.2) is 0 Å². The molecule has 0 aromatic rings. The van der Waals surface area contributed by atoms with Gasteiger partial charge in [0.05, 0.1) is 0 Å². The minimum absolute atomic E-state index is 0.0622. The summed E-state index contributed by atoms with van der Waals surface area (Å²) in [7, 11) is 0. The summed E-state index contributed by atoms with van der Waals surface area (Å²) in [5.41, 5.74) is 0. The fourth-order valence-electron chi connectivity index (χ4n) is 10.6. The molecule has 0 amide bonds. The Morgan fingerprint density at radius 3 is 0.703 bits per heavy atom. The lowest BCUT2D eigenvalue weighted by Crippen LogP contribution is -2.30. The zero-order valence-corrected chi connectivity index (χ0v) is 51.1. The number of unbranched alkanes of at least 4 members (excludes halogenated alkanes) is 43. The summed E-state index contributed by atoms with van der Waals surface area (Å²) >= 11 is 0. The summed E-state index contributed by atoms with van der Waals surface area (Å²) in [6.45, 7) is 13.9. The SMILES string of the molecule is CCC(C)CCCCCCCCCCCCCCCCCCCCC(=O)O[C@@H](COC(=O)CCCCCCCCCCCCCCCCCCC(C)C)COC(=O)CCCCCCCCCCCCCCC(C)C. The molecule has 1 unspecified atom stereocenters. The molecule has 440 valence electrons. The fourth-order valence-corrected chi connectivity index (χ4v) is 10.6. The van der Waals surface area contributed by atoms with Crippen LogP contribution in [-0.2, 0) is 28.6 Å². The van der Waals surface area contributed by atoms with E-state index in [1.807, 2.05) is 0 Å². The Balaban J connectivity index is 4.27. The van der Waals surface area contributed by atoms with Gasteiger partial charge in [0, 0.05) is 19.3 Å². The third-order valence-electron chi connectivity index (χ3n) is 16.0. The summed E-state index contributed by atoms with van der Waals surface area (Å²) < 4.78 is 17.0. The Bertz CT molecular complexity index is 1150. The molecule has 0 aliphatic rings. The molecule has 6 heteroatoms. The van der Waals surface area contributed by atoms with Crippen LogP contribution in [0.4, 0.5) is 0 Å². The van der Waals surface area contributed by atoms with Crippen LogP contribution in [-0.4, -0.2) is 37.2 Å². The van der Waals surface area contributed by atoms with Crippen LogP contribution in [0.2, 0.25) is 0 Å². The Kier molecular flexibility index (Phi) is 57.8. The molecule has 0 aliphatic carbocycles. The first-order valence-electron chi connectivity index (χ1n) is 33.6. The smallest absolute Gasteiger partial charge is 0.306 e. The van der Waals surface area contributed by atoms with E-state index in [0.717, 1.165) is 75.5 Å². The van der Waals surface area contributed by atoms with Gasteiger partial charge in [0.25, 0.3) is 0 Å². The summed E-state index contributed by atoms with van der Waals surface area (Å²) in [6.07, 6.45) is 65.3. The van der Waals surface area contributed by atoms with Crippen LogP contribution in [0.3, 0.4) is 0 Å². The average molecular weight is 1050 g/mol. The predicted octanol–water partition coefficient (Wildman–Crippen LogP) is 22.6. The van der Waals surface area contributed by atoms with Crippen LogP contribution in [0.1, 0.15) is 382 Å². The molecule has 74 heavy (non-hydrogen) atoms. The van der Waals surface area contributed by atoms with E-state index in [9.17, 15) is 14.4 Å². The minimum atomic E-state index is -0.765. The van der Waals surface area contributed by atoms with E-state index in [4.69, 9.17) is 14.2 Å². The number of carbonyl (C=O) groups is 3. The van der Waals surface area contributed by atoms with Gasteiger partial charge >= 0.3 is 17.9 Å². The second kappa shape index (κ2) is 59.1. The molecule has 0 spiro atoms. The van der Waals surface area contributed by atoms with Crippen molar-refractivity contribution in [2.24, 2.45) is 17.8 Å². The lowest BCUT2D eigenvalue weighted by molar-refractivity contribution is -0.167. The summed E-state index contributed by atoms with van der Waals surface area (Å²) in [6, 6.07) is 0. The molecule has 0 N–H and O–H groups in total. The van der Waals surface area contributed by atoms with Crippen molar-refractivity contribution in [2.45, 2.75) is 388 Å². The number of hydrogen-bond donors (Lipinski definition) is 0. The van der Waals surface area contributed by atoms with Crippen molar-refractivity contribution in [3.63, 3.8) is 0 Å². The number of rotatable bonds is 61. The topological polar surface area (TPSA) is 78.9 Å². The Hall–Kier alpha value is -1.59. The second-order valence-electron chi connectivity index (χ2n) is 24.7. The van der Waals surface area contributed by atoms with Crippen molar-refractivity contribution < 1.29 is 28.6 Å². The van der Waals surface area contributed by atoms with E-state index in [2.05, 4.69) is 41.5 Å². The highest BCUT2D eigenvalue weighted by Crippen LogP contribution is 2.20. The largest absolute Gasteiger partial charge is 0.462 e. The van der Waals surface area contributed by atoms with Gasteiger partial charge in [-0.3, -0.25) is 14.4 Å². The van der Waals surface area contributed by atoms with Gasteiger partial charge < -0.3 is 14.2 Å². The summed E-state index contributed by atoms with van der Waals surface area (Å²) in [5.74, 6) is 1.76. The molecule has 0 bridgehead atoms. The normalized spacial score (nSPS) is 12.5. The van der Waals surface area contributed by atoms with E-state index in [0.29, 0.717) is 19.3 Å². The van der Waals surface area contributed by atoms with Crippen molar-refractivity contribution in [3.05, 3.63) is 0 Å². The van der Waals surface area contributed by atoms with Crippen LogP contribution >= 0.6 is 0 Å². The van der Waals surface area contributed by atoms with E-state index in [1.165, 1.54) is 263 Å². The number of hydrogen-bond acceptors (Lipinski definition) is 6. The first-order chi connectivity index (χ1) is 36.1. The molecule has 0 radical (unpaired) electrons. The monoisotopic (exact) mass is 1050 g/mol. The van der Waals surface area contributed by atoms with E-state index in [1.54, 1.807) is 0 Å². The van der Waals surface area contributed by atoms with Gasteiger partial charge in [0.15, 0.2) is 6.10 Å². The highest BCUT2D eigenvalue weighted by molar-refractivity contribution is 5.71. The number of esters is 3. The van der Waals surface area contributed by atoms with Crippen molar-refractivity contribution in [2.75, 3.05) is 13.2 Å². The van der Waals surface area contributed by atoms with Crippen LogP contribution in [0.15, 0.2) is 0 Å². The van der Waals surface area contributed by atoms with E-state index >= 15 is 0 Å². The average Bonchev–Trinajstić information content (AvgIpc) is 3.38. The zero-order valence-electron chi connectivity index (χ0n) is 51.1. The molecule has 0 fully saturated rings. The third-order valence-corrected chi connectivity index (χ3v) is 16.0. The summed E-state index contributed by atoms with van der Waals surface area (Å²) in [5, 5.41) is 0. The molecule has 0 aromatic carbocycles. The van der Waals surface area contributed by atoms with Gasteiger partial charge in [0.2, 0.25) is 0 Å². The van der Waals surface area contributed by atoms with Crippen LogP contribution in [0.5, 0.6) is 0 Å².